The molecule has 120 valence electrons. The number of hydrogen-bond donors (Lipinski definition) is 1. The highest BCUT2D eigenvalue weighted by Crippen LogP contribution is 2.41. The van der Waals surface area contributed by atoms with Crippen LogP contribution in [0.1, 0.15) is 42.9 Å². The zero-order chi connectivity index (χ0) is 16.2. The largest absolute Gasteiger partial charge is 0.375 e. The van der Waals surface area contributed by atoms with Crippen LogP contribution in [0.15, 0.2) is 22.7 Å². The molecule has 1 amide bonds. The molecule has 1 N–H and O–H groups in total. The fraction of sp³-hybridized carbons (Fsp3) is 0.467. The minimum Gasteiger partial charge on any atom is -0.375 e. The summed E-state index contributed by atoms with van der Waals surface area (Å²) in [5, 5.41) is 15.4. The smallest absolute Gasteiger partial charge is 0.254 e. The predicted octanol–water partition coefficient (Wildman–Crippen LogP) is 1.95. The van der Waals surface area contributed by atoms with Crippen LogP contribution >= 0.6 is 15.9 Å². The molecule has 0 radical (unpaired) electrons. The number of aromatic nitrogens is 4. The molecule has 1 saturated heterocycles. The summed E-state index contributed by atoms with van der Waals surface area (Å²) in [4.78, 5) is 12.8. The Balaban J connectivity index is 1.93. The quantitative estimate of drug-likeness (QED) is 0.758. The van der Waals surface area contributed by atoms with E-state index >= 15 is 0 Å². The van der Waals surface area contributed by atoms with E-state index in [4.69, 9.17) is 4.74 Å². The normalized spacial score (nSPS) is 25.4. The fourth-order valence-electron chi connectivity index (χ4n) is 3.53. The first-order chi connectivity index (χ1) is 10.9. The second kappa shape index (κ2) is 4.85. The molecule has 0 bridgehead atoms. The Bertz CT molecular complexity index is 803. The summed E-state index contributed by atoms with van der Waals surface area (Å²) in [7, 11) is 0. The lowest BCUT2D eigenvalue weighted by Crippen LogP contribution is -2.54. The van der Waals surface area contributed by atoms with Gasteiger partial charge in [0.25, 0.3) is 5.91 Å². The van der Waals surface area contributed by atoms with Gasteiger partial charge in [0.2, 0.25) is 0 Å². The van der Waals surface area contributed by atoms with Gasteiger partial charge in [-0.05, 0) is 42.5 Å². The SMILES string of the molecule is CC1(C)C[C@@]2(CCO1)NC(=O)c1cc(Br)ccc1-n1nnnc12. The molecule has 4 rings (SSSR count). The summed E-state index contributed by atoms with van der Waals surface area (Å²) in [6, 6.07) is 5.52. The van der Waals surface area contributed by atoms with Crippen molar-refractivity contribution in [1.82, 2.24) is 25.5 Å². The van der Waals surface area contributed by atoms with Gasteiger partial charge < -0.3 is 10.1 Å². The van der Waals surface area contributed by atoms with Crippen LogP contribution in [0, 0.1) is 0 Å². The summed E-state index contributed by atoms with van der Waals surface area (Å²) >= 11 is 3.42. The fourth-order valence-corrected chi connectivity index (χ4v) is 3.89. The molecular weight excluding hydrogens is 362 g/mol. The number of nitrogens with one attached hydrogen (secondary N) is 1. The minimum atomic E-state index is -0.631. The van der Waals surface area contributed by atoms with Gasteiger partial charge in [0.05, 0.1) is 16.9 Å². The topological polar surface area (TPSA) is 81.9 Å². The number of carbonyl (C=O) groups is 1. The van der Waals surface area contributed by atoms with Gasteiger partial charge in [0, 0.05) is 23.9 Å². The summed E-state index contributed by atoms with van der Waals surface area (Å²) in [5.41, 5.74) is 0.244. The number of hydrogen-bond acceptors (Lipinski definition) is 5. The molecule has 2 aliphatic heterocycles. The number of amides is 1. The Morgan fingerprint density at radius 3 is 3.00 bits per heavy atom. The zero-order valence-corrected chi connectivity index (χ0v) is 14.4. The number of halogens is 1. The first kappa shape index (κ1) is 14.8. The number of ether oxygens (including phenoxy) is 1. The molecule has 7 nitrogen and oxygen atoms in total. The highest BCUT2D eigenvalue weighted by atomic mass is 79.9. The van der Waals surface area contributed by atoms with Gasteiger partial charge in [-0.2, -0.15) is 4.68 Å². The van der Waals surface area contributed by atoms with Crippen LogP contribution in [0.5, 0.6) is 0 Å². The number of tetrazole rings is 1. The minimum absolute atomic E-state index is 0.133. The van der Waals surface area contributed by atoms with E-state index in [2.05, 4.69) is 36.8 Å². The number of benzene rings is 1. The summed E-state index contributed by atoms with van der Waals surface area (Å²) in [6.45, 7) is 4.58. The Morgan fingerprint density at radius 1 is 1.39 bits per heavy atom. The number of rotatable bonds is 0. The lowest BCUT2D eigenvalue weighted by molar-refractivity contribution is -0.0894. The molecule has 1 aromatic heterocycles. The molecule has 0 saturated carbocycles. The van der Waals surface area contributed by atoms with Gasteiger partial charge in [0.1, 0.15) is 5.54 Å². The molecule has 1 aromatic carbocycles. The zero-order valence-electron chi connectivity index (χ0n) is 12.8. The molecule has 0 aliphatic carbocycles. The Kier molecular flexibility index (Phi) is 3.11. The molecule has 2 aromatic rings. The van der Waals surface area contributed by atoms with Gasteiger partial charge in [-0.3, -0.25) is 4.79 Å². The number of fused-ring (bicyclic) bond motifs is 4. The van der Waals surface area contributed by atoms with Crippen molar-refractivity contribution in [2.24, 2.45) is 0 Å². The van der Waals surface area contributed by atoms with E-state index in [0.29, 0.717) is 36.5 Å². The first-order valence-corrected chi connectivity index (χ1v) is 8.25. The molecule has 1 fully saturated rings. The van der Waals surface area contributed by atoms with Crippen molar-refractivity contribution >= 4 is 21.8 Å². The second-order valence-electron chi connectivity index (χ2n) is 6.65. The summed E-state index contributed by atoms with van der Waals surface area (Å²) in [5.74, 6) is 0.523. The van der Waals surface area contributed by atoms with Crippen LogP contribution in [-0.4, -0.2) is 38.3 Å². The van der Waals surface area contributed by atoms with Gasteiger partial charge in [-0.15, -0.1) is 5.10 Å². The van der Waals surface area contributed by atoms with Crippen molar-refractivity contribution in [3.63, 3.8) is 0 Å². The highest BCUT2D eigenvalue weighted by molar-refractivity contribution is 9.10. The monoisotopic (exact) mass is 377 g/mol. The third kappa shape index (κ3) is 2.28. The second-order valence-corrected chi connectivity index (χ2v) is 7.56. The Morgan fingerprint density at radius 2 is 2.22 bits per heavy atom. The van der Waals surface area contributed by atoms with Crippen molar-refractivity contribution in [3.05, 3.63) is 34.1 Å². The van der Waals surface area contributed by atoms with Gasteiger partial charge in [-0.25, -0.2) is 0 Å². The van der Waals surface area contributed by atoms with Gasteiger partial charge in [-0.1, -0.05) is 15.9 Å². The highest BCUT2D eigenvalue weighted by Gasteiger charge is 2.48. The molecule has 23 heavy (non-hydrogen) atoms. The van der Waals surface area contributed by atoms with E-state index in [1.54, 1.807) is 10.7 Å². The number of nitrogens with zero attached hydrogens (tertiary/aromatic N) is 4. The molecule has 2 aliphatic rings. The van der Waals surface area contributed by atoms with Crippen LogP contribution < -0.4 is 5.32 Å². The third-order valence-corrected chi connectivity index (χ3v) is 4.92. The van der Waals surface area contributed by atoms with Crippen LogP contribution in [0.4, 0.5) is 0 Å². The standard InChI is InChI=1S/C15H16BrN5O2/c1-14(2)8-15(5-6-23-14)13-18-19-20-21(13)11-4-3-9(16)7-10(11)12(22)17-15/h3-4,7H,5-6,8H2,1-2H3,(H,17,22)/t15-/m1/s1. The Hall–Kier alpha value is -1.80. The van der Waals surface area contributed by atoms with E-state index < -0.39 is 5.54 Å². The van der Waals surface area contributed by atoms with Crippen molar-refractivity contribution in [1.29, 1.82) is 0 Å². The van der Waals surface area contributed by atoms with E-state index in [9.17, 15) is 4.79 Å². The average Bonchev–Trinajstić information content (AvgIpc) is 2.93. The molecular formula is C15H16BrN5O2. The third-order valence-electron chi connectivity index (χ3n) is 4.43. The van der Waals surface area contributed by atoms with E-state index in [1.807, 2.05) is 26.0 Å². The van der Waals surface area contributed by atoms with Crippen LogP contribution in [0.3, 0.4) is 0 Å². The van der Waals surface area contributed by atoms with Crippen molar-refractivity contribution in [2.45, 2.75) is 37.8 Å². The lowest BCUT2D eigenvalue weighted by Gasteiger charge is -2.43. The van der Waals surface area contributed by atoms with Crippen LogP contribution in [0.2, 0.25) is 0 Å². The lowest BCUT2D eigenvalue weighted by atomic mass is 9.80. The first-order valence-electron chi connectivity index (χ1n) is 7.46. The molecule has 1 atom stereocenters. The van der Waals surface area contributed by atoms with E-state index in [0.717, 1.165) is 4.47 Å². The van der Waals surface area contributed by atoms with Crippen molar-refractivity contribution in [3.8, 4) is 5.69 Å². The van der Waals surface area contributed by atoms with Gasteiger partial charge in [0.15, 0.2) is 5.82 Å². The maximum absolute atomic E-state index is 12.8. The van der Waals surface area contributed by atoms with Gasteiger partial charge >= 0.3 is 0 Å². The number of carbonyl (C=O) groups excluding carboxylic acids is 1. The molecule has 3 heterocycles. The summed E-state index contributed by atoms with van der Waals surface area (Å²) in [6.07, 6.45) is 1.25. The maximum Gasteiger partial charge on any atom is 0.254 e. The van der Waals surface area contributed by atoms with Crippen molar-refractivity contribution < 1.29 is 9.53 Å². The van der Waals surface area contributed by atoms with Crippen LogP contribution in [-0.2, 0) is 10.3 Å². The Labute approximate surface area is 141 Å². The average molecular weight is 378 g/mol. The van der Waals surface area contributed by atoms with Crippen LogP contribution in [0.25, 0.3) is 5.69 Å². The van der Waals surface area contributed by atoms with E-state index in [1.165, 1.54) is 0 Å². The van der Waals surface area contributed by atoms with E-state index in [-0.39, 0.29) is 11.5 Å². The molecule has 8 heteroatoms. The molecule has 0 unspecified atom stereocenters. The molecule has 1 spiro atoms. The van der Waals surface area contributed by atoms with Crippen molar-refractivity contribution in [2.75, 3.05) is 6.61 Å². The predicted molar refractivity (Wildman–Crippen MR) is 85.3 cm³/mol. The summed E-state index contributed by atoms with van der Waals surface area (Å²) < 4.78 is 8.33. The maximum atomic E-state index is 12.8.